The number of piperazine rings is 1. The molecule has 11 heteroatoms. The van der Waals surface area contributed by atoms with Gasteiger partial charge in [-0.3, -0.25) is 9.80 Å². The van der Waals surface area contributed by atoms with E-state index >= 15 is 0 Å². The number of amidine groups is 1. The summed E-state index contributed by atoms with van der Waals surface area (Å²) >= 11 is 0. The van der Waals surface area contributed by atoms with E-state index in [9.17, 15) is 13.2 Å². The van der Waals surface area contributed by atoms with Gasteiger partial charge in [0.15, 0.2) is 5.82 Å². The van der Waals surface area contributed by atoms with Crippen molar-refractivity contribution in [3.63, 3.8) is 0 Å². The van der Waals surface area contributed by atoms with Crippen molar-refractivity contribution in [2.45, 2.75) is 57.7 Å². The number of aryl methyl sites for hydroxylation is 1. The number of hydrogen-bond donors (Lipinski definition) is 0. The summed E-state index contributed by atoms with van der Waals surface area (Å²) in [5.41, 5.74) is 1.28. The standard InChI is InChI=1S/C26H36F3N7O/c1-19(2)34-15-13-33(14-16-34)17-18-37-22-5-3-20(4-6-22)21-9-11-35(12-10-21)24-8-7-23-30-31-25(26(27,28)29)36(23)32-24/h3-6,19,21H,7-18H2,1-2H3. The van der Waals surface area contributed by atoms with Crippen molar-refractivity contribution >= 4 is 5.84 Å². The maximum Gasteiger partial charge on any atom is 0.453 e. The molecule has 3 aliphatic rings. The van der Waals surface area contributed by atoms with Crippen LogP contribution >= 0.6 is 0 Å². The molecule has 0 N–H and O–H groups in total. The topological polar surface area (TPSA) is 62.0 Å². The third-order valence-corrected chi connectivity index (χ3v) is 7.77. The molecule has 2 aromatic rings. The number of piperidine rings is 1. The summed E-state index contributed by atoms with van der Waals surface area (Å²) in [6, 6.07) is 9.01. The number of fused-ring (bicyclic) bond motifs is 1. The van der Waals surface area contributed by atoms with Gasteiger partial charge in [-0.25, -0.2) is 0 Å². The van der Waals surface area contributed by atoms with Gasteiger partial charge in [0.1, 0.15) is 18.2 Å². The van der Waals surface area contributed by atoms with Gasteiger partial charge >= 0.3 is 6.18 Å². The van der Waals surface area contributed by atoms with Gasteiger partial charge in [-0.05, 0) is 50.3 Å². The van der Waals surface area contributed by atoms with E-state index in [0.717, 1.165) is 69.1 Å². The van der Waals surface area contributed by atoms with Crippen LogP contribution in [0, 0.1) is 0 Å². The number of rotatable bonds is 6. The van der Waals surface area contributed by atoms with Crippen LogP contribution in [-0.2, 0) is 12.6 Å². The maximum absolute atomic E-state index is 13.2. The van der Waals surface area contributed by atoms with Crippen LogP contribution in [0.2, 0.25) is 0 Å². The molecule has 3 aliphatic heterocycles. The lowest BCUT2D eigenvalue weighted by Crippen LogP contribution is -2.49. The van der Waals surface area contributed by atoms with Gasteiger partial charge < -0.3 is 9.64 Å². The highest BCUT2D eigenvalue weighted by molar-refractivity contribution is 5.83. The lowest BCUT2D eigenvalue weighted by molar-refractivity contribution is -0.147. The van der Waals surface area contributed by atoms with Crippen LogP contribution in [0.1, 0.15) is 56.2 Å². The largest absolute Gasteiger partial charge is 0.492 e. The zero-order chi connectivity index (χ0) is 26.0. The summed E-state index contributed by atoms with van der Waals surface area (Å²) in [6.07, 6.45) is -1.70. The molecule has 2 saturated heterocycles. The SMILES string of the molecule is CC(C)N1CCN(CCOc2ccc(C3CCN(C4=Nn5c(nnc5C(F)(F)F)CC4)CC3)cc2)CC1. The first kappa shape index (κ1) is 26.0. The zero-order valence-corrected chi connectivity index (χ0v) is 21.6. The molecule has 1 aromatic heterocycles. The Morgan fingerprint density at radius 1 is 0.946 bits per heavy atom. The fourth-order valence-corrected chi connectivity index (χ4v) is 5.46. The molecule has 0 aliphatic carbocycles. The second-order valence-electron chi connectivity index (χ2n) is 10.4. The molecule has 5 rings (SSSR count). The lowest BCUT2D eigenvalue weighted by Gasteiger charge is -2.36. The number of benzene rings is 1. The number of ether oxygens (including phenoxy) is 1. The minimum atomic E-state index is -4.57. The van der Waals surface area contributed by atoms with E-state index in [0.29, 0.717) is 37.2 Å². The number of aromatic nitrogens is 3. The van der Waals surface area contributed by atoms with E-state index in [4.69, 9.17) is 4.74 Å². The number of likely N-dealkylation sites (tertiary alicyclic amines) is 1. The Labute approximate surface area is 216 Å². The van der Waals surface area contributed by atoms with Gasteiger partial charge in [0.05, 0.1) is 0 Å². The van der Waals surface area contributed by atoms with Crippen molar-refractivity contribution in [3.8, 4) is 5.75 Å². The van der Waals surface area contributed by atoms with Gasteiger partial charge in [-0.2, -0.15) is 22.9 Å². The Hall–Kier alpha value is -2.66. The minimum absolute atomic E-state index is 0.266. The van der Waals surface area contributed by atoms with Gasteiger partial charge in [-0.1, -0.05) is 12.1 Å². The monoisotopic (exact) mass is 519 g/mol. The summed E-state index contributed by atoms with van der Waals surface area (Å²) < 4.78 is 46.5. The molecule has 1 aromatic carbocycles. The van der Waals surface area contributed by atoms with E-state index in [1.807, 2.05) is 0 Å². The fourth-order valence-electron chi connectivity index (χ4n) is 5.46. The van der Waals surface area contributed by atoms with Crippen LogP contribution in [0.15, 0.2) is 29.4 Å². The van der Waals surface area contributed by atoms with E-state index in [-0.39, 0.29) is 5.82 Å². The van der Waals surface area contributed by atoms with Crippen LogP contribution in [0.3, 0.4) is 0 Å². The second-order valence-corrected chi connectivity index (χ2v) is 10.4. The average Bonchev–Trinajstić information content (AvgIpc) is 3.34. The smallest absolute Gasteiger partial charge is 0.453 e. The number of nitrogens with zero attached hydrogens (tertiary/aromatic N) is 7. The van der Waals surface area contributed by atoms with Crippen molar-refractivity contribution in [1.82, 2.24) is 29.6 Å². The highest BCUT2D eigenvalue weighted by Gasteiger charge is 2.40. The third-order valence-electron chi connectivity index (χ3n) is 7.77. The fraction of sp³-hybridized carbons (Fsp3) is 0.654. The van der Waals surface area contributed by atoms with Crippen LogP contribution in [0.4, 0.5) is 13.2 Å². The molecule has 0 radical (unpaired) electrons. The van der Waals surface area contributed by atoms with Crippen LogP contribution in [-0.4, -0.2) is 93.9 Å². The van der Waals surface area contributed by atoms with E-state index in [1.54, 1.807) is 0 Å². The first-order valence-corrected chi connectivity index (χ1v) is 13.3. The second kappa shape index (κ2) is 11.0. The number of alkyl halides is 3. The van der Waals surface area contributed by atoms with Crippen molar-refractivity contribution in [2.75, 3.05) is 52.4 Å². The Morgan fingerprint density at radius 2 is 1.65 bits per heavy atom. The van der Waals surface area contributed by atoms with Crippen molar-refractivity contribution in [3.05, 3.63) is 41.5 Å². The van der Waals surface area contributed by atoms with Gasteiger partial charge in [0, 0.05) is 64.7 Å². The molecule has 0 unspecified atom stereocenters. The highest BCUT2D eigenvalue weighted by atomic mass is 19.4. The van der Waals surface area contributed by atoms with E-state index in [1.165, 1.54) is 5.56 Å². The maximum atomic E-state index is 13.2. The average molecular weight is 520 g/mol. The first-order valence-electron chi connectivity index (χ1n) is 13.3. The molecule has 0 bridgehead atoms. The summed E-state index contributed by atoms with van der Waals surface area (Å²) in [6.45, 7) is 12.1. The summed E-state index contributed by atoms with van der Waals surface area (Å²) in [4.78, 5) is 7.09. The van der Waals surface area contributed by atoms with Crippen LogP contribution in [0.5, 0.6) is 5.75 Å². The molecule has 0 atom stereocenters. The lowest BCUT2D eigenvalue weighted by atomic mass is 9.89. The molecule has 0 amide bonds. The summed E-state index contributed by atoms with van der Waals surface area (Å²) in [5.74, 6) is 1.21. The van der Waals surface area contributed by atoms with E-state index in [2.05, 4.69) is 68.1 Å². The third kappa shape index (κ3) is 6.09. The molecular weight excluding hydrogens is 483 g/mol. The first-order chi connectivity index (χ1) is 17.8. The molecule has 4 heterocycles. The Balaban J connectivity index is 1.09. The minimum Gasteiger partial charge on any atom is -0.492 e. The molecule has 202 valence electrons. The van der Waals surface area contributed by atoms with Gasteiger partial charge in [0.25, 0.3) is 5.82 Å². The van der Waals surface area contributed by atoms with Crippen LogP contribution in [0.25, 0.3) is 0 Å². The van der Waals surface area contributed by atoms with Gasteiger partial charge in [0.2, 0.25) is 0 Å². The van der Waals surface area contributed by atoms with Crippen molar-refractivity contribution in [1.29, 1.82) is 0 Å². The predicted molar refractivity (Wildman–Crippen MR) is 135 cm³/mol. The number of hydrogen-bond acceptors (Lipinski definition) is 7. The van der Waals surface area contributed by atoms with Crippen molar-refractivity contribution < 1.29 is 17.9 Å². The molecular formula is C26H36F3N7O. The van der Waals surface area contributed by atoms with Crippen LogP contribution < -0.4 is 4.74 Å². The predicted octanol–water partition coefficient (Wildman–Crippen LogP) is 3.69. The molecule has 8 nitrogen and oxygen atoms in total. The number of halogens is 3. The Kier molecular flexibility index (Phi) is 7.71. The molecule has 2 fully saturated rings. The van der Waals surface area contributed by atoms with Gasteiger partial charge in [-0.15, -0.1) is 10.2 Å². The molecule has 0 saturated carbocycles. The zero-order valence-electron chi connectivity index (χ0n) is 21.6. The summed E-state index contributed by atoms with van der Waals surface area (Å²) in [5, 5.41) is 11.2. The molecule has 37 heavy (non-hydrogen) atoms. The highest BCUT2D eigenvalue weighted by Crippen LogP contribution is 2.32. The summed E-state index contributed by atoms with van der Waals surface area (Å²) in [7, 11) is 0. The van der Waals surface area contributed by atoms with E-state index < -0.39 is 12.0 Å². The quantitative estimate of drug-likeness (QED) is 0.580. The molecule has 0 spiro atoms. The normalized spacial score (nSPS) is 20.3. The Bertz CT molecular complexity index is 1070. The van der Waals surface area contributed by atoms with Crippen molar-refractivity contribution in [2.24, 2.45) is 5.10 Å². The Morgan fingerprint density at radius 3 is 2.30 bits per heavy atom.